The molecule has 5 rings (SSSR count). The van der Waals surface area contributed by atoms with Gasteiger partial charge in [-0.3, -0.25) is 14.4 Å². The van der Waals surface area contributed by atoms with Crippen molar-refractivity contribution in [2.24, 2.45) is 0 Å². The molecule has 3 aliphatic carbocycles. The molecule has 0 saturated heterocycles. The Morgan fingerprint density at radius 2 is 1.35 bits per heavy atom. The van der Waals surface area contributed by atoms with Gasteiger partial charge in [-0.2, -0.15) is 4.84 Å². The summed E-state index contributed by atoms with van der Waals surface area (Å²) in [5.74, 6) is 1.78. The molecule has 8 heteroatoms. The number of hydrogen-bond acceptors (Lipinski definition) is 5. The summed E-state index contributed by atoms with van der Waals surface area (Å²) in [6.07, 6.45) is 11.0. The molecule has 2 fully saturated rings. The number of carbonyl (C=O) groups excluding carboxylic acids is 2. The maximum Gasteiger partial charge on any atom is 0.298 e. The van der Waals surface area contributed by atoms with Gasteiger partial charge in [0, 0.05) is 43.2 Å². The van der Waals surface area contributed by atoms with Crippen LogP contribution in [0.1, 0.15) is 84.9 Å². The third-order valence-electron chi connectivity index (χ3n) is 7.69. The van der Waals surface area contributed by atoms with E-state index in [1.54, 1.807) is 38.5 Å². The van der Waals surface area contributed by atoms with Crippen LogP contribution in [0.2, 0.25) is 0 Å². The van der Waals surface area contributed by atoms with Crippen LogP contribution in [-0.4, -0.2) is 37.0 Å². The van der Waals surface area contributed by atoms with Crippen molar-refractivity contribution in [2.45, 2.75) is 75.4 Å². The Balaban J connectivity index is 0.000000176. The van der Waals surface area contributed by atoms with E-state index in [0.29, 0.717) is 18.4 Å². The number of rotatable bonds is 9. The number of benzene rings is 2. The van der Waals surface area contributed by atoms with Crippen molar-refractivity contribution in [1.29, 1.82) is 0 Å². The summed E-state index contributed by atoms with van der Waals surface area (Å²) in [6.45, 7) is 13.9. The second kappa shape index (κ2) is 14.7. The molecule has 2 aromatic rings. The van der Waals surface area contributed by atoms with Gasteiger partial charge in [0.25, 0.3) is 5.66 Å². The van der Waals surface area contributed by atoms with Crippen LogP contribution in [0.15, 0.2) is 60.2 Å². The van der Waals surface area contributed by atoms with Crippen molar-refractivity contribution in [3.63, 3.8) is 0 Å². The van der Waals surface area contributed by atoms with Crippen molar-refractivity contribution < 1.29 is 19.1 Å². The number of Topliss-reactive ketones (excluding diaryl/α,β-unsaturated/α-hetero) is 2. The molecule has 3 aliphatic rings. The minimum Gasteiger partial charge on any atom is -0.497 e. The smallest absolute Gasteiger partial charge is 0.298 e. The molecule has 0 heterocycles. The lowest BCUT2D eigenvalue weighted by Gasteiger charge is -2.29. The second-order valence-corrected chi connectivity index (χ2v) is 10.5. The summed E-state index contributed by atoms with van der Waals surface area (Å²) in [7, 11) is 3.22. The summed E-state index contributed by atoms with van der Waals surface area (Å²) in [4.78, 5) is 33.3. The standard InChI is InChI=1S/C14H15NO2.C13H14O2.C5H7ClN2/c1-15-14(8-3-9-14)10-13(16)11-4-6-12(17-2)7-5-11;1-15-12-7-5-11(6-8-12)13(14)9-10-3-2-4-10;1-7-5(8-6)3-2-4-5/h4-7H,3,8-10H2,2H3;3,5-8H,2,4,9H2,1H3;8H,2-4H2. The Bertz CT molecular complexity index is 1260. The molecule has 0 amide bonds. The van der Waals surface area contributed by atoms with Crippen molar-refractivity contribution in [1.82, 2.24) is 4.84 Å². The number of ether oxygens (including phenoxy) is 2. The lowest BCUT2D eigenvalue weighted by atomic mass is 9.73. The summed E-state index contributed by atoms with van der Waals surface area (Å²) >= 11 is 5.30. The molecule has 1 N–H and O–H groups in total. The number of nitrogens with one attached hydrogen (secondary N) is 1. The fourth-order valence-corrected chi connectivity index (χ4v) is 4.66. The summed E-state index contributed by atoms with van der Waals surface area (Å²) in [6, 6.07) is 14.4. The van der Waals surface area contributed by atoms with Crippen LogP contribution >= 0.6 is 11.8 Å². The molecule has 0 bridgehead atoms. The minimum atomic E-state index is -0.406. The number of carbonyl (C=O) groups is 2. The first-order chi connectivity index (χ1) is 19.3. The maximum atomic E-state index is 12.0. The summed E-state index contributed by atoms with van der Waals surface area (Å²) in [5, 5.41) is 0. The molecule has 2 saturated carbocycles. The molecular weight excluding hydrogens is 526 g/mol. The van der Waals surface area contributed by atoms with Crippen LogP contribution < -0.4 is 14.3 Å². The molecule has 0 aliphatic heterocycles. The van der Waals surface area contributed by atoms with E-state index in [-0.39, 0.29) is 17.2 Å². The fraction of sp³-hybridized carbons (Fsp3) is 0.438. The quantitative estimate of drug-likeness (QED) is 0.147. The first-order valence-corrected chi connectivity index (χ1v) is 13.9. The Morgan fingerprint density at radius 1 is 0.850 bits per heavy atom. The largest absolute Gasteiger partial charge is 0.497 e. The third-order valence-corrected chi connectivity index (χ3v) is 8.04. The third kappa shape index (κ3) is 8.18. The zero-order chi connectivity index (χ0) is 29.0. The average molecular weight is 562 g/mol. The van der Waals surface area contributed by atoms with E-state index < -0.39 is 5.54 Å². The van der Waals surface area contributed by atoms with E-state index in [0.717, 1.165) is 68.4 Å². The number of hydrogen-bond donors (Lipinski definition) is 1. The molecule has 0 spiro atoms. The van der Waals surface area contributed by atoms with Crippen LogP contribution in [0.3, 0.4) is 0 Å². The highest BCUT2D eigenvalue weighted by Crippen LogP contribution is 2.39. The highest BCUT2D eigenvalue weighted by atomic mass is 35.5. The van der Waals surface area contributed by atoms with Crippen molar-refractivity contribution in [3.05, 3.63) is 94.1 Å². The van der Waals surface area contributed by atoms with E-state index >= 15 is 0 Å². The van der Waals surface area contributed by atoms with Crippen molar-refractivity contribution >= 4 is 23.3 Å². The molecule has 2 aromatic carbocycles. The molecule has 40 heavy (non-hydrogen) atoms. The fourth-order valence-electron chi connectivity index (χ4n) is 4.42. The summed E-state index contributed by atoms with van der Waals surface area (Å²) in [5.41, 5.74) is 1.92. The zero-order valence-electron chi connectivity index (χ0n) is 23.2. The number of ketones is 2. The van der Waals surface area contributed by atoms with Crippen LogP contribution in [0.5, 0.6) is 11.5 Å². The Hall–Kier alpha value is -3.65. The van der Waals surface area contributed by atoms with E-state index in [9.17, 15) is 9.59 Å². The number of nitrogens with zero attached hydrogens (tertiary/aromatic N) is 2. The van der Waals surface area contributed by atoms with Gasteiger partial charge in [0.1, 0.15) is 11.5 Å². The molecule has 0 unspecified atom stereocenters. The van der Waals surface area contributed by atoms with Crippen molar-refractivity contribution in [2.75, 3.05) is 14.2 Å². The number of methoxy groups -OCH3 is 2. The lowest BCUT2D eigenvalue weighted by Crippen LogP contribution is -2.42. The first kappa shape index (κ1) is 30.9. The van der Waals surface area contributed by atoms with Crippen LogP contribution in [0.25, 0.3) is 9.69 Å². The van der Waals surface area contributed by atoms with Gasteiger partial charge in [-0.15, -0.1) is 0 Å². The number of allylic oxidation sites excluding steroid dienone is 2. The lowest BCUT2D eigenvalue weighted by molar-refractivity contribution is 0.0933. The SMILES string of the molecule is COc1ccc(C(=O)CC2=CCC2)cc1.[C-]#[N+]C1(CC(=O)c2ccc(OC)cc2)CCC1.[C-]#[N+]C1(NCl)CCC1. The summed E-state index contributed by atoms with van der Waals surface area (Å²) < 4.78 is 10.1. The Kier molecular flexibility index (Phi) is 11.3. The predicted octanol–water partition coefficient (Wildman–Crippen LogP) is 7.63. The predicted molar refractivity (Wildman–Crippen MR) is 157 cm³/mol. The average Bonchev–Trinajstić information content (AvgIpc) is 2.93. The molecule has 0 atom stereocenters. The van der Waals surface area contributed by atoms with Gasteiger partial charge in [-0.1, -0.05) is 11.6 Å². The zero-order valence-corrected chi connectivity index (χ0v) is 23.9. The Labute approximate surface area is 242 Å². The van der Waals surface area contributed by atoms with Gasteiger partial charge in [-0.05, 0) is 86.0 Å². The van der Waals surface area contributed by atoms with Gasteiger partial charge < -0.3 is 14.3 Å². The number of halogens is 1. The van der Waals surface area contributed by atoms with Crippen LogP contribution in [-0.2, 0) is 0 Å². The molecule has 0 aromatic heterocycles. The molecule has 210 valence electrons. The normalized spacial score (nSPS) is 17.1. The maximum absolute atomic E-state index is 12.0. The van der Waals surface area contributed by atoms with Gasteiger partial charge >= 0.3 is 0 Å². The van der Waals surface area contributed by atoms with E-state index in [1.165, 1.54) is 5.57 Å². The highest BCUT2D eigenvalue weighted by Gasteiger charge is 2.45. The van der Waals surface area contributed by atoms with Gasteiger partial charge in [-0.25, -0.2) is 13.1 Å². The second-order valence-electron chi connectivity index (χ2n) is 10.3. The van der Waals surface area contributed by atoms with E-state index in [2.05, 4.69) is 20.6 Å². The van der Waals surface area contributed by atoms with Crippen LogP contribution in [0, 0.1) is 13.1 Å². The highest BCUT2D eigenvalue weighted by molar-refractivity contribution is 6.14. The molecule has 0 radical (unpaired) electrons. The minimum absolute atomic E-state index is 0.0587. The van der Waals surface area contributed by atoms with E-state index in [4.69, 9.17) is 34.4 Å². The van der Waals surface area contributed by atoms with Crippen molar-refractivity contribution in [3.8, 4) is 11.5 Å². The monoisotopic (exact) mass is 561 g/mol. The topological polar surface area (TPSA) is 73.4 Å². The van der Waals surface area contributed by atoms with Gasteiger partial charge in [0.05, 0.1) is 20.6 Å². The molecular formula is C32H36ClN3O4. The van der Waals surface area contributed by atoms with Gasteiger partial charge in [0.2, 0.25) is 5.54 Å². The van der Waals surface area contributed by atoms with E-state index in [1.807, 2.05) is 24.3 Å². The van der Waals surface area contributed by atoms with Gasteiger partial charge in [0.15, 0.2) is 11.6 Å². The molecule has 7 nitrogen and oxygen atoms in total. The van der Waals surface area contributed by atoms with Crippen LogP contribution in [0.4, 0.5) is 0 Å². The Morgan fingerprint density at radius 3 is 1.62 bits per heavy atom. The first-order valence-electron chi connectivity index (χ1n) is 13.5.